The quantitative estimate of drug-likeness (QED) is 0.839. The van der Waals surface area contributed by atoms with E-state index in [1.165, 1.54) is 23.8 Å². The molecule has 0 heterocycles. The highest BCUT2D eigenvalue weighted by molar-refractivity contribution is 6.31. The van der Waals surface area contributed by atoms with Gasteiger partial charge in [-0.1, -0.05) is 41.9 Å². The second-order valence-electron chi connectivity index (χ2n) is 6.19. The molecule has 2 aromatic carbocycles. The lowest BCUT2D eigenvalue weighted by Gasteiger charge is -2.36. The highest BCUT2D eigenvalue weighted by atomic mass is 35.5. The van der Waals surface area contributed by atoms with Crippen molar-refractivity contribution in [3.05, 3.63) is 70.5 Å². The van der Waals surface area contributed by atoms with Crippen LogP contribution in [-0.2, 0) is 6.42 Å². The van der Waals surface area contributed by atoms with Gasteiger partial charge in [0.2, 0.25) is 0 Å². The molecule has 0 unspecified atom stereocenters. The fourth-order valence-corrected chi connectivity index (χ4v) is 3.14. The van der Waals surface area contributed by atoms with Crippen LogP contribution in [0.2, 0.25) is 5.02 Å². The van der Waals surface area contributed by atoms with Crippen LogP contribution in [-0.4, -0.2) is 24.5 Å². The number of amides is 1. The van der Waals surface area contributed by atoms with Crippen molar-refractivity contribution in [2.45, 2.75) is 31.3 Å². The molecule has 0 aliphatic heterocycles. The van der Waals surface area contributed by atoms with Crippen LogP contribution in [0.15, 0.2) is 48.5 Å². The fourth-order valence-electron chi connectivity index (χ4n) is 2.92. The smallest absolute Gasteiger partial charge is 0.251 e. The Balaban J connectivity index is 1.38. The topological polar surface area (TPSA) is 41.1 Å². The number of rotatable bonds is 6. The first-order valence-electron chi connectivity index (χ1n) is 8.14. The molecule has 3 rings (SSSR count). The average Bonchev–Trinajstić information content (AvgIpc) is 2.52. The number of carbonyl (C=O) groups is 1. The second-order valence-corrected chi connectivity index (χ2v) is 6.62. The van der Waals surface area contributed by atoms with Crippen LogP contribution < -0.4 is 10.6 Å². The minimum atomic E-state index is -0.498. The van der Waals surface area contributed by atoms with Crippen LogP contribution in [0.3, 0.4) is 0 Å². The Kier molecular flexibility index (Phi) is 5.48. The molecule has 1 saturated carbocycles. The summed E-state index contributed by atoms with van der Waals surface area (Å²) in [5.41, 5.74) is 1.58. The molecule has 24 heavy (non-hydrogen) atoms. The third-order valence-electron chi connectivity index (χ3n) is 4.29. The van der Waals surface area contributed by atoms with E-state index >= 15 is 0 Å². The van der Waals surface area contributed by atoms with Gasteiger partial charge in [0.15, 0.2) is 0 Å². The van der Waals surface area contributed by atoms with Crippen LogP contribution in [0.4, 0.5) is 4.39 Å². The van der Waals surface area contributed by atoms with Gasteiger partial charge in [-0.05, 0) is 49.6 Å². The Bertz CT molecular complexity index is 682. The van der Waals surface area contributed by atoms with Gasteiger partial charge in [0.25, 0.3) is 5.91 Å². The van der Waals surface area contributed by atoms with E-state index < -0.39 is 5.82 Å². The minimum absolute atomic E-state index is 0.133. The van der Waals surface area contributed by atoms with Gasteiger partial charge >= 0.3 is 0 Å². The molecule has 1 amide bonds. The van der Waals surface area contributed by atoms with Gasteiger partial charge in [-0.2, -0.15) is 0 Å². The number of hydrogen-bond donors (Lipinski definition) is 2. The maximum Gasteiger partial charge on any atom is 0.251 e. The van der Waals surface area contributed by atoms with E-state index in [0.29, 0.717) is 6.04 Å². The summed E-state index contributed by atoms with van der Waals surface area (Å²) in [6, 6.07) is 14.8. The van der Waals surface area contributed by atoms with E-state index in [2.05, 4.69) is 22.8 Å². The number of benzene rings is 2. The molecule has 1 fully saturated rings. The molecule has 2 N–H and O–H groups in total. The molecule has 0 aromatic heterocycles. The first kappa shape index (κ1) is 16.9. The average molecular weight is 347 g/mol. The van der Waals surface area contributed by atoms with Gasteiger partial charge in [-0.3, -0.25) is 4.79 Å². The van der Waals surface area contributed by atoms with Crippen LogP contribution in [0.1, 0.15) is 28.8 Å². The molecular weight excluding hydrogens is 327 g/mol. The summed E-state index contributed by atoms with van der Waals surface area (Å²) >= 11 is 5.78. The molecular formula is C19H20ClFN2O. The van der Waals surface area contributed by atoms with E-state index in [0.717, 1.165) is 25.8 Å². The lowest BCUT2D eigenvalue weighted by atomic mass is 9.86. The first-order chi connectivity index (χ1) is 11.6. The standard InChI is InChI=1S/C19H20ClFN2O/c20-15-8-14(9-16(21)10-15)19(24)23-18-11-17(12-18)22-7-6-13-4-2-1-3-5-13/h1-5,8-10,17-18,22H,6-7,11-12H2,(H,23,24)/t17-,18-. The largest absolute Gasteiger partial charge is 0.349 e. The van der Waals surface area contributed by atoms with Crippen molar-refractivity contribution in [3.63, 3.8) is 0 Å². The molecule has 2 aromatic rings. The van der Waals surface area contributed by atoms with Gasteiger partial charge < -0.3 is 10.6 Å². The monoisotopic (exact) mass is 346 g/mol. The number of carbonyl (C=O) groups excluding carboxylic acids is 1. The van der Waals surface area contributed by atoms with Crippen molar-refractivity contribution in [2.75, 3.05) is 6.54 Å². The SMILES string of the molecule is O=C(N[C@H]1C[C@H](NCCc2ccccc2)C1)c1cc(F)cc(Cl)c1. The van der Waals surface area contributed by atoms with Crippen LogP contribution >= 0.6 is 11.6 Å². The second kappa shape index (κ2) is 7.77. The Hall–Kier alpha value is -1.91. The normalized spacial score (nSPS) is 19.6. The Labute approximate surface area is 146 Å². The van der Waals surface area contributed by atoms with Crippen LogP contribution in [0.5, 0.6) is 0 Å². The Morgan fingerprint density at radius 3 is 2.58 bits per heavy atom. The Morgan fingerprint density at radius 2 is 1.88 bits per heavy atom. The molecule has 3 nitrogen and oxygen atoms in total. The third-order valence-corrected chi connectivity index (χ3v) is 4.51. The molecule has 0 spiro atoms. The van der Waals surface area contributed by atoms with E-state index in [9.17, 15) is 9.18 Å². The highest BCUT2D eigenvalue weighted by Gasteiger charge is 2.30. The zero-order chi connectivity index (χ0) is 16.9. The molecule has 0 saturated heterocycles. The maximum atomic E-state index is 13.3. The summed E-state index contributed by atoms with van der Waals surface area (Å²) in [5.74, 6) is -0.772. The van der Waals surface area contributed by atoms with Gasteiger partial charge in [0.05, 0.1) is 0 Å². The molecule has 126 valence electrons. The van der Waals surface area contributed by atoms with Gasteiger partial charge in [0.1, 0.15) is 5.82 Å². The zero-order valence-electron chi connectivity index (χ0n) is 13.3. The number of nitrogens with one attached hydrogen (secondary N) is 2. The molecule has 1 aliphatic rings. The molecule has 0 radical (unpaired) electrons. The van der Waals surface area contributed by atoms with Crippen molar-refractivity contribution < 1.29 is 9.18 Å². The first-order valence-corrected chi connectivity index (χ1v) is 8.52. The minimum Gasteiger partial charge on any atom is -0.349 e. The third kappa shape index (κ3) is 4.56. The van der Waals surface area contributed by atoms with Crippen molar-refractivity contribution in [3.8, 4) is 0 Å². The van der Waals surface area contributed by atoms with Crippen molar-refractivity contribution in [2.24, 2.45) is 0 Å². The summed E-state index contributed by atoms with van der Waals surface area (Å²) in [5, 5.41) is 6.65. The van der Waals surface area contributed by atoms with Gasteiger partial charge in [-0.25, -0.2) is 4.39 Å². The molecule has 0 bridgehead atoms. The van der Waals surface area contributed by atoms with Crippen LogP contribution in [0, 0.1) is 5.82 Å². The Morgan fingerprint density at radius 1 is 1.12 bits per heavy atom. The molecule has 5 heteroatoms. The predicted octanol–water partition coefficient (Wildman–Crippen LogP) is 3.57. The lowest BCUT2D eigenvalue weighted by molar-refractivity contribution is 0.0902. The summed E-state index contributed by atoms with van der Waals surface area (Å²) in [4.78, 5) is 12.1. The fraction of sp³-hybridized carbons (Fsp3) is 0.316. The summed E-state index contributed by atoms with van der Waals surface area (Å²) < 4.78 is 13.3. The molecule has 1 aliphatic carbocycles. The van der Waals surface area contributed by atoms with Crippen molar-refractivity contribution in [1.29, 1.82) is 0 Å². The molecule has 0 atom stereocenters. The predicted molar refractivity (Wildman–Crippen MR) is 93.8 cm³/mol. The summed E-state index contributed by atoms with van der Waals surface area (Å²) in [6.07, 6.45) is 2.78. The lowest BCUT2D eigenvalue weighted by Crippen LogP contribution is -2.52. The summed E-state index contributed by atoms with van der Waals surface area (Å²) in [7, 11) is 0. The van der Waals surface area contributed by atoms with E-state index in [4.69, 9.17) is 11.6 Å². The van der Waals surface area contributed by atoms with Gasteiger partial charge in [0, 0.05) is 22.7 Å². The van der Waals surface area contributed by atoms with E-state index in [1.807, 2.05) is 18.2 Å². The highest BCUT2D eigenvalue weighted by Crippen LogP contribution is 2.21. The van der Waals surface area contributed by atoms with Gasteiger partial charge in [-0.15, -0.1) is 0 Å². The zero-order valence-corrected chi connectivity index (χ0v) is 14.0. The van der Waals surface area contributed by atoms with Crippen LogP contribution in [0.25, 0.3) is 0 Å². The number of halogens is 2. The van der Waals surface area contributed by atoms with Crippen molar-refractivity contribution in [1.82, 2.24) is 10.6 Å². The van der Waals surface area contributed by atoms with E-state index in [1.54, 1.807) is 0 Å². The van der Waals surface area contributed by atoms with Crippen molar-refractivity contribution >= 4 is 17.5 Å². The maximum absolute atomic E-state index is 13.3. The number of hydrogen-bond acceptors (Lipinski definition) is 2. The summed E-state index contributed by atoms with van der Waals surface area (Å²) in [6.45, 7) is 0.925. The van der Waals surface area contributed by atoms with E-state index in [-0.39, 0.29) is 22.5 Å².